The van der Waals surface area contributed by atoms with Crippen LogP contribution >= 0.6 is 0 Å². The molecule has 4 N–H and O–H groups in total. The molecule has 33 heavy (non-hydrogen) atoms. The molecule has 176 valence electrons. The number of rotatable bonds is 10. The van der Waals surface area contributed by atoms with Crippen molar-refractivity contribution in [2.45, 2.75) is 25.8 Å². The SMILES string of the molecule is CCOc1ccc(-c2nc(-c3cccc4c3CCN4CC(N)(CO)CO)no2)cc1OCC. The number of fused-ring (bicyclic) bond motifs is 1. The minimum atomic E-state index is -1.07. The Labute approximate surface area is 192 Å². The van der Waals surface area contributed by atoms with Crippen LogP contribution < -0.4 is 20.1 Å². The van der Waals surface area contributed by atoms with Crippen LogP contribution in [0.5, 0.6) is 11.5 Å². The minimum Gasteiger partial charge on any atom is -0.490 e. The first-order valence-corrected chi connectivity index (χ1v) is 11.1. The number of aliphatic hydroxyl groups is 2. The highest BCUT2D eigenvalue weighted by Gasteiger charge is 2.31. The van der Waals surface area contributed by atoms with E-state index in [1.165, 1.54) is 0 Å². The van der Waals surface area contributed by atoms with Crippen molar-refractivity contribution in [2.75, 3.05) is 44.4 Å². The summed E-state index contributed by atoms with van der Waals surface area (Å²) in [5, 5.41) is 23.4. The molecule has 0 aliphatic carbocycles. The van der Waals surface area contributed by atoms with Gasteiger partial charge in [0.1, 0.15) is 0 Å². The lowest BCUT2D eigenvalue weighted by Crippen LogP contribution is -2.55. The molecule has 0 unspecified atom stereocenters. The predicted octanol–water partition coefficient (Wildman–Crippen LogP) is 2.25. The van der Waals surface area contributed by atoms with Crippen LogP contribution in [0.15, 0.2) is 40.9 Å². The molecule has 0 fully saturated rings. The van der Waals surface area contributed by atoms with E-state index in [1.807, 2.05) is 50.2 Å². The zero-order valence-corrected chi connectivity index (χ0v) is 19.0. The van der Waals surface area contributed by atoms with Crippen LogP contribution in [0.4, 0.5) is 5.69 Å². The molecule has 1 aromatic heterocycles. The first-order valence-electron chi connectivity index (χ1n) is 11.1. The van der Waals surface area contributed by atoms with Crippen molar-refractivity contribution in [1.29, 1.82) is 0 Å². The van der Waals surface area contributed by atoms with E-state index < -0.39 is 5.54 Å². The number of anilines is 1. The van der Waals surface area contributed by atoms with Crippen LogP contribution in [-0.4, -0.2) is 65.4 Å². The number of hydrogen-bond donors (Lipinski definition) is 3. The molecule has 0 amide bonds. The number of hydrogen-bond acceptors (Lipinski definition) is 9. The van der Waals surface area contributed by atoms with E-state index in [2.05, 4.69) is 15.0 Å². The molecule has 0 spiro atoms. The van der Waals surface area contributed by atoms with E-state index in [9.17, 15) is 10.2 Å². The molecule has 0 bridgehead atoms. The van der Waals surface area contributed by atoms with Crippen LogP contribution in [0.3, 0.4) is 0 Å². The fourth-order valence-electron chi connectivity index (χ4n) is 4.04. The molecule has 9 nitrogen and oxygen atoms in total. The molecule has 0 radical (unpaired) electrons. The first-order chi connectivity index (χ1) is 16.0. The van der Waals surface area contributed by atoms with Crippen LogP contribution in [0.25, 0.3) is 22.8 Å². The van der Waals surface area contributed by atoms with Gasteiger partial charge in [0.25, 0.3) is 5.89 Å². The van der Waals surface area contributed by atoms with E-state index in [0.29, 0.717) is 43.0 Å². The summed E-state index contributed by atoms with van der Waals surface area (Å²) in [4.78, 5) is 6.72. The van der Waals surface area contributed by atoms with E-state index >= 15 is 0 Å². The highest BCUT2D eigenvalue weighted by molar-refractivity contribution is 5.74. The molecule has 2 aromatic carbocycles. The summed E-state index contributed by atoms with van der Waals surface area (Å²) in [6, 6.07) is 11.5. The van der Waals surface area contributed by atoms with E-state index in [-0.39, 0.29) is 13.2 Å². The van der Waals surface area contributed by atoms with Crippen LogP contribution in [0.1, 0.15) is 19.4 Å². The molecule has 0 saturated heterocycles. The van der Waals surface area contributed by atoms with Gasteiger partial charge < -0.3 is 34.8 Å². The van der Waals surface area contributed by atoms with Gasteiger partial charge in [0.2, 0.25) is 5.82 Å². The summed E-state index contributed by atoms with van der Waals surface area (Å²) in [6.07, 6.45) is 0.778. The summed E-state index contributed by atoms with van der Waals surface area (Å²) in [5.41, 5.74) is 8.76. The van der Waals surface area contributed by atoms with Gasteiger partial charge in [-0.2, -0.15) is 4.98 Å². The zero-order valence-electron chi connectivity index (χ0n) is 19.0. The first kappa shape index (κ1) is 23.0. The molecule has 0 atom stereocenters. The maximum absolute atomic E-state index is 9.58. The largest absolute Gasteiger partial charge is 0.490 e. The third kappa shape index (κ3) is 4.66. The van der Waals surface area contributed by atoms with E-state index in [0.717, 1.165) is 35.3 Å². The average Bonchev–Trinajstić information content (AvgIpc) is 3.48. The second-order valence-electron chi connectivity index (χ2n) is 8.10. The number of benzene rings is 2. The van der Waals surface area contributed by atoms with E-state index in [1.54, 1.807) is 0 Å². The highest BCUT2D eigenvalue weighted by atomic mass is 16.5. The van der Waals surface area contributed by atoms with Crippen molar-refractivity contribution in [1.82, 2.24) is 10.1 Å². The normalized spacial score (nSPS) is 13.3. The Balaban J connectivity index is 1.62. The van der Waals surface area contributed by atoms with Crippen molar-refractivity contribution in [2.24, 2.45) is 5.73 Å². The Hall–Kier alpha value is -3.14. The quantitative estimate of drug-likeness (QED) is 0.423. The second-order valence-corrected chi connectivity index (χ2v) is 8.10. The number of aromatic nitrogens is 2. The summed E-state index contributed by atoms with van der Waals surface area (Å²) in [7, 11) is 0. The van der Waals surface area contributed by atoms with Crippen LogP contribution in [0.2, 0.25) is 0 Å². The smallest absolute Gasteiger partial charge is 0.258 e. The van der Waals surface area contributed by atoms with Gasteiger partial charge in [-0.05, 0) is 50.1 Å². The molecule has 0 saturated carbocycles. The molecule has 2 heterocycles. The number of nitrogens with zero attached hydrogens (tertiary/aromatic N) is 3. The van der Waals surface area contributed by atoms with Crippen molar-refractivity contribution in [3.8, 4) is 34.3 Å². The lowest BCUT2D eigenvalue weighted by Gasteiger charge is -2.31. The fraction of sp³-hybridized carbons (Fsp3) is 0.417. The van der Waals surface area contributed by atoms with Gasteiger partial charge in [-0.3, -0.25) is 0 Å². The predicted molar refractivity (Wildman–Crippen MR) is 125 cm³/mol. The van der Waals surface area contributed by atoms with Crippen molar-refractivity contribution in [3.63, 3.8) is 0 Å². The minimum absolute atomic E-state index is 0.297. The van der Waals surface area contributed by atoms with Crippen molar-refractivity contribution >= 4 is 5.69 Å². The average molecular weight is 455 g/mol. The summed E-state index contributed by atoms with van der Waals surface area (Å²) >= 11 is 0. The number of ether oxygens (including phenoxy) is 2. The topological polar surface area (TPSA) is 127 Å². The monoisotopic (exact) mass is 454 g/mol. The maximum Gasteiger partial charge on any atom is 0.258 e. The van der Waals surface area contributed by atoms with Crippen LogP contribution in [-0.2, 0) is 6.42 Å². The van der Waals surface area contributed by atoms with Crippen molar-refractivity contribution in [3.05, 3.63) is 42.0 Å². The van der Waals surface area contributed by atoms with Crippen LogP contribution in [0, 0.1) is 0 Å². The van der Waals surface area contributed by atoms with E-state index in [4.69, 9.17) is 19.7 Å². The third-order valence-electron chi connectivity index (χ3n) is 5.72. The summed E-state index contributed by atoms with van der Waals surface area (Å²) in [5.74, 6) is 2.19. The van der Waals surface area contributed by atoms with Gasteiger partial charge in [-0.25, -0.2) is 0 Å². The Kier molecular flexibility index (Phi) is 6.83. The molecule has 1 aliphatic rings. The Morgan fingerprint density at radius 1 is 1.09 bits per heavy atom. The van der Waals surface area contributed by atoms with Gasteiger partial charge in [-0.1, -0.05) is 17.3 Å². The molecule has 1 aliphatic heterocycles. The number of nitrogens with two attached hydrogens (primary N) is 1. The number of aliphatic hydroxyl groups excluding tert-OH is 2. The van der Waals surface area contributed by atoms with Gasteiger partial charge >= 0.3 is 0 Å². The molecule has 4 rings (SSSR count). The molecular weight excluding hydrogens is 424 g/mol. The lowest BCUT2D eigenvalue weighted by molar-refractivity contribution is 0.125. The van der Waals surface area contributed by atoms with Gasteiger partial charge in [-0.15, -0.1) is 0 Å². The fourth-order valence-corrected chi connectivity index (χ4v) is 4.04. The summed E-state index contributed by atoms with van der Waals surface area (Å²) < 4.78 is 16.9. The Morgan fingerprint density at radius 2 is 1.85 bits per heavy atom. The Bertz CT molecular complexity index is 1100. The molecule has 9 heteroatoms. The Morgan fingerprint density at radius 3 is 2.58 bits per heavy atom. The summed E-state index contributed by atoms with van der Waals surface area (Å²) in [6.45, 7) is 5.39. The third-order valence-corrected chi connectivity index (χ3v) is 5.72. The highest BCUT2D eigenvalue weighted by Crippen LogP contribution is 2.37. The lowest BCUT2D eigenvalue weighted by atomic mass is 10.0. The molecular formula is C24H30N4O5. The molecule has 3 aromatic rings. The standard InChI is InChI=1S/C24H30N4O5/c1-3-31-20-9-8-16(12-21(20)32-4-2)23-26-22(27-33-23)18-6-5-7-19-17(18)10-11-28(19)13-24(25,14-29)15-30/h5-9,12,29-30H,3-4,10-11,13-15,25H2,1-2H3. The van der Waals surface area contributed by atoms with Gasteiger partial charge in [0.15, 0.2) is 11.5 Å². The maximum atomic E-state index is 9.58. The van der Waals surface area contributed by atoms with Gasteiger partial charge in [0, 0.05) is 29.9 Å². The van der Waals surface area contributed by atoms with Crippen molar-refractivity contribution < 1.29 is 24.2 Å². The zero-order chi connectivity index (χ0) is 23.4. The van der Waals surface area contributed by atoms with Gasteiger partial charge in [0.05, 0.1) is 32.0 Å². The second kappa shape index (κ2) is 9.78.